The minimum atomic E-state index is -0.907. The second kappa shape index (κ2) is 6.35. The first-order chi connectivity index (χ1) is 9.59. The SMILES string of the molecule is OCC(CO)(Cc1ccc(Cl)cc1)c1cccc(F)c1. The maximum absolute atomic E-state index is 13.4. The Labute approximate surface area is 122 Å². The average molecular weight is 295 g/mol. The quantitative estimate of drug-likeness (QED) is 0.890. The van der Waals surface area contributed by atoms with Crippen molar-refractivity contribution in [3.8, 4) is 0 Å². The number of benzene rings is 2. The molecular formula is C16H16ClFO2. The van der Waals surface area contributed by atoms with Crippen molar-refractivity contribution in [3.05, 3.63) is 70.5 Å². The Hall–Kier alpha value is -1.42. The monoisotopic (exact) mass is 294 g/mol. The summed E-state index contributed by atoms with van der Waals surface area (Å²) in [5.41, 5.74) is 0.592. The van der Waals surface area contributed by atoms with Gasteiger partial charge in [-0.25, -0.2) is 4.39 Å². The molecule has 0 bridgehead atoms. The molecule has 0 aliphatic rings. The minimum absolute atomic E-state index is 0.268. The second-order valence-electron chi connectivity index (χ2n) is 4.91. The molecule has 0 heterocycles. The van der Waals surface area contributed by atoms with Gasteiger partial charge in [0, 0.05) is 10.4 Å². The van der Waals surface area contributed by atoms with Crippen LogP contribution >= 0.6 is 11.6 Å². The van der Waals surface area contributed by atoms with Crippen LogP contribution in [0.3, 0.4) is 0 Å². The molecule has 0 atom stereocenters. The molecule has 0 fully saturated rings. The van der Waals surface area contributed by atoms with Gasteiger partial charge in [-0.3, -0.25) is 0 Å². The smallest absolute Gasteiger partial charge is 0.123 e. The van der Waals surface area contributed by atoms with Gasteiger partial charge in [-0.1, -0.05) is 35.9 Å². The van der Waals surface area contributed by atoms with Gasteiger partial charge in [0.05, 0.1) is 13.2 Å². The fraction of sp³-hybridized carbons (Fsp3) is 0.250. The average Bonchev–Trinajstić information content (AvgIpc) is 2.47. The summed E-state index contributed by atoms with van der Waals surface area (Å²) in [6, 6.07) is 13.2. The molecule has 2 N–H and O–H groups in total. The lowest BCUT2D eigenvalue weighted by molar-refractivity contribution is 0.116. The van der Waals surface area contributed by atoms with E-state index >= 15 is 0 Å². The Morgan fingerprint density at radius 2 is 1.65 bits per heavy atom. The summed E-state index contributed by atoms with van der Waals surface area (Å²) in [5, 5.41) is 20.1. The molecule has 0 aliphatic heterocycles. The van der Waals surface area contributed by atoms with Gasteiger partial charge in [-0.15, -0.1) is 0 Å². The highest BCUT2D eigenvalue weighted by Crippen LogP contribution is 2.29. The van der Waals surface area contributed by atoms with Crippen molar-refractivity contribution in [1.82, 2.24) is 0 Å². The summed E-state index contributed by atoms with van der Waals surface area (Å²) < 4.78 is 13.4. The third-order valence-electron chi connectivity index (χ3n) is 3.50. The van der Waals surface area contributed by atoms with Gasteiger partial charge in [0.1, 0.15) is 5.82 Å². The molecule has 2 aromatic rings. The molecule has 20 heavy (non-hydrogen) atoms. The lowest BCUT2D eigenvalue weighted by atomic mass is 9.77. The number of hydrogen-bond donors (Lipinski definition) is 2. The lowest BCUT2D eigenvalue weighted by Gasteiger charge is -2.30. The Bertz CT molecular complexity index is 565. The molecule has 0 saturated heterocycles. The summed E-state index contributed by atoms with van der Waals surface area (Å²) in [4.78, 5) is 0. The van der Waals surface area contributed by atoms with Crippen molar-refractivity contribution in [3.63, 3.8) is 0 Å². The first kappa shape index (κ1) is 15.0. The standard InChI is InChI=1S/C16H16ClFO2/c17-14-6-4-12(5-7-14)9-16(10-19,11-20)13-2-1-3-15(18)8-13/h1-8,19-20H,9-11H2. The van der Waals surface area contributed by atoms with E-state index in [1.165, 1.54) is 12.1 Å². The van der Waals surface area contributed by atoms with Crippen molar-refractivity contribution in [2.45, 2.75) is 11.8 Å². The highest BCUT2D eigenvalue weighted by Gasteiger charge is 2.31. The summed E-state index contributed by atoms with van der Waals surface area (Å²) in [5.74, 6) is -0.384. The molecule has 0 aliphatic carbocycles. The summed E-state index contributed by atoms with van der Waals surface area (Å²) >= 11 is 5.84. The van der Waals surface area contributed by atoms with Gasteiger partial charge in [-0.05, 0) is 41.8 Å². The molecule has 0 radical (unpaired) electrons. The van der Waals surface area contributed by atoms with E-state index in [0.29, 0.717) is 17.0 Å². The topological polar surface area (TPSA) is 40.5 Å². The molecule has 0 amide bonds. The van der Waals surface area contributed by atoms with E-state index in [0.717, 1.165) is 5.56 Å². The van der Waals surface area contributed by atoms with E-state index in [1.807, 2.05) is 12.1 Å². The number of rotatable bonds is 5. The van der Waals surface area contributed by atoms with Crippen LogP contribution in [0.1, 0.15) is 11.1 Å². The molecule has 106 valence electrons. The van der Waals surface area contributed by atoms with Crippen LogP contribution < -0.4 is 0 Å². The zero-order valence-corrected chi connectivity index (χ0v) is 11.6. The fourth-order valence-corrected chi connectivity index (χ4v) is 2.38. The van der Waals surface area contributed by atoms with Crippen LogP contribution in [0.25, 0.3) is 0 Å². The third kappa shape index (κ3) is 3.18. The molecule has 2 aromatic carbocycles. The number of hydrogen-bond acceptors (Lipinski definition) is 2. The van der Waals surface area contributed by atoms with Crippen molar-refractivity contribution in [2.75, 3.05) is 13.2 Å². The van der Waals surface area contributed by atoms with Crippen LogP contribution in [0.15, 0.2) is 48.5 Å². The number of halogens is 2. The van der Waals surface area contributed by atoms with E-state index in [2.05, 4.69) is 0 Å². The van der Waals surface area contributed by atoms with Crippen LogP contribution in [0, 0.1) is 5.82 Å². The van der Waals surface area contributed by atoms with Gasteiger partial charge >= 0.3 is 0 Å². The van der Waals surface area contributed by atoms with Crippen molar-refractivity contribution in [1.29, 1.82) is 0 Å². The maximum atomic E-state index is 13.4. The molecule has 0 spiro atoms. The van der Waals surface area contributed by atoms with Gasteiger partial charge in [0.25, 0.3) is 0 Å². The van der Waals surface area contributed by atoms with Crippen LogP contribution in [0.2, 0.25) is 5.02 Å². The Morgan fingerprint density at radius 1 is 1.00 bits per heavy atom. The minimum Gasteiger partial charge on any atom is -0.395 e. The zero-order valence-electron chi connectivity index (χ0n) is 10.9. The van der Waals surface area contributed by atoms with Crippen molar-refractivity contribution >= 4 is 11.6 Å². The van der Waals surface area contributed by atoms with Crippen LogP contribution in [-0.2, 0) is 11.8 Å². The van der Waals surface area contributed by atoms with Gasteiger partial charge in [-0.2, -0.15) is 0 Å². The predicted molar refractivity (Wildman–Crippen MR) is 77.4 cm³/mol. The Kier molecular flexibility index (Phi) is 4.76. The first-order valence-electron chi connectivity index (χ1n) is 6.32. The first-order valence-corrected chi connectivity index (χ1v) is 6.70. The fourth-order valence-electron chi connectivity index (χ4n) is 2.26. The predicted octanol–water partition coefficient (Wildman–Crippen LogP) is 2.94. The van der Waals surface area contributed by atoms with E-state index in [-0.39, 0.29) is 19.0 Å². The maximum Gasteiger partial charge on any atom is 0.123 e. The molecule has 4 heteroatoms. The van der Waals surface area contributed by atoms with Gasteiger partial charge < -0.3 is 10.2 Å². The number of aliphatic hydroxyl groups is 2. The van der Waals surface area contributed by atoms with E-state index in [1.54, 1.807) is 24.3 Å². The van der Waals surface area contributed by atoms with Crippen LogP contribution in [0.4, 0.5) is 4.39 Å². The number of aliphatic hydroxyl groups excluding tert-OH is 2. The van der Waals surface area contributed by atoms with Crippen LogP contribution in [-0.4, -0.2) is 23.4 Å². The summed E-state index contributed by atoms with van der Waals surface area (Å²) in [6.45, 7) is -0.537. The molecule has 2 nitrogen and oxygen atoms in total. The van der Waals surface area contributed by atoms with Gasteiger partial charge in [0.15, 0.2) is 0 Å². The third-order valence-corrected chi connectivity index (χ3v) is 3.75. The summed E-state index contributed by atoms with van der Waals surface area (Å²) in [7, 11) is 0. The highest BCUT2D eigenvalue weighted by atomic mass is 35.5. The van der Waals surface area contributed by atoms with E-state index < -0.39 is 5.41 Å². The molecule has 0 aromatic heterocycles. The largest absolute Gasteiger partial charge is 0.395 e. The lowest BCUT2D eigenvalue weighted by Crippen LogP contribution is -2.37. The van der Waals surface area contributed by atoms with Crippen molar-refractivity contribution in [2.24, 2.45) is 0 Å². The highest BCUT2D eigenvalue weighted by molar-refractivity contribution is 6.30. The van der Waals surface area contributed by atoms with E-state index in [4.69, 9.17) is 11.6 Å². The van der Waals surface area contributed by atoms with Crippen molar-refractivity contribution < 1.29 is 14.6 Å². The zero-order chi connectivity index (χ0) is 14.6. The molecule has 2 rings (SSSR count). The molecular weight excluding hydrogens is 279 g/mol. The Balaban J connectivity index is 2.36. The second-order valence-corrected chi connectivity index (χ2v) is 5.35. The summed E-state index contributed by atoms with van der Waals surface area (Å²) in [6.07, 6.45) is 0.403. The van der Waals surface area contributed by atoms with Gasteiger partial charge in [0.2, 0.25) is 0 Å². The molecule has 0 unspecified atom stereocenters. The Morgan fingerprint density at radius 3 is 2.20 bits per heavy atom. The van der Waals surface area contributed by atoms with E-state index in [9.17, 15) is 14.6 Å². The molecule has 0 saturated carbocycles. The van der Waals surface area contributed by atoms with Crippen LogP contribution in [0.5, 0.6) is 0 Å². The normalized spacial score (nSPS) is 11.6.